The Bertz CT molecular complexity index is 561. The van der Waals surface area contributed by atoms with Crippen molar-refractivity contribution >= 4 is 38.0 Å². The second kappa shape index (κ2) is 7.94. The summed E-state index contributed by atoms with van der Waals surface area (Å²) in [5.74, 6) is 0. The van der Waals surface area contributed by atoms with Crippen LogP contribution >= 0.6 is 31.9 Å². The number of ether oxygens (including phenoxy) is 1. The summed E-state index contributed by atoms with van der Waals surface area (Å²) in [4.78, 5) is 18.5. The van der Waals surface area contributed by atoms with Crippen LogP contribution < -0.4 is 5.32 Å². The molecule has 0 radical (unpaired) electrons. The molecule has 1 N–H and O–H groups in total. The van der Waals surface area contributed by atoms with E-state index in [4.69, 9.17) is 4.74 Å². The molecule has 23 heavy (non-hydrogen) atoms. The molecule has 2 rings (SSSR count). The second-order valence-electron chi connectivity index (χ2n) is 6.68. The topological polar surface area (TPSA) is 54.5 Å². The molecule has 128 valence electrons. The number of likely N-dealkylation sites (tertiary alicyclic amines) is 1. The predicted octanol–water partition coefficient (Wildman–Crippen LogP) is 4.10. The molecule has 1 amide bonds. The monoisotopic (exact) mass is 447 g/mol. The van der Waals surface area contributed by atoms with Crippen LogP contribution in [0.4, 0.5) is 4.79 Å². The Morgan fingerprint density at radius 2 is 2.22 bits per heavy atom. The zero-order chi connectivity index (χ0) is 17.0. The fourth-order valence-electron chi connectivity index (χ4n) is 2.54. The van der Waals surface area contributed by atoms with Gasteiger partial charge in [-0.1, -0.05) is 0 Å². The van der Waals surface area contributed by atoms with Crippen molar-refractivity contribution in [3.8, 4) is 0 Å². The highest BCUT2D eigenvalue weighted by Gasteiger charge is 2.31. The van der Waals surface area contributed by atoms with Crippen LogP contribution in [0.25, 0.3) is 0 Å². The summed E-state index contributed by atoms with van der Waals surface area (Å²) >= 11 is 6.91. The largest absolute Gasteiger partial charge is 0.444 e. The Hall–Kier alpha value is -0.660. The molecular weight excluding hydrogens is 426 g/mol. The Kier molecular flexibility index (Phi) is 6.45. The van der Waals surface area contributed by atoms with Gasteiger partial charge < -0.3 is 15.0 Å². The van der Waals surface area contributed by atoms with E-state index in [1.54, 1.807) is 6.20 Å². The van der Waals surface area contributed by atoms with Crippen LogP contribution in [0, 0.1) is 0 Å². The summed E-state index contributed by atoms with van der Waals surface area (Å²) in [5.41, 5.74) is 0.499. The van der Waals surface area contributed by atoms with Gasteiger partial charge in [-0.3, -0.25) is 4.98 Å². The fourth-order valence-corrected chi connectivity index (χ4v) is 3.67. The first-order valence-electron chi connectivity index (χ1n) is 7.76. The number of amides is 1. The second-order valence-corrected chi connectivity index (χ2v) is 8.45. The van der Waals surface area contributed by atoms with E-state index in [1.807, 2.05) is 31.7 Å². The molecule has 2 heterocycles. The van der Waals surface area contributed by atoms with Gasteiger partial charge in [-0.15, -0.1) is 0 Å². The van der Waals surface area contributed by atoms with Gasteiger partial charge in [-0.05, 0) is 71.5 Å². The molecule has 7 heteroatoms. The summed E-state index contributed by atoms with van der Waals surface area (Å²) in [6.07, 6.45) is 3.59. The molecule has 1 aromatic heterocycles. The third-order valence-electron chi connectivity index (χ3n) is 3.56. The van der Waals surface area contributed by atoms with Crippen molar-refractivity contribution < 1.29 is 9.53 Å². The lowest BCUT2D eigenvalue weighted by Crippen LogP contribution is -2.44. The highest BCUT2D eigenvalue weighted by atomic mass is 79.9. The van der Waals surface area contributed by atoms with Crippen LogP contribution in [0.15, 0.2) is 21.2 Å². The molecule has 1 atom stereocenters. The summed E-state index contributed by atoms with van der Waals surface area (Å²) in [5, 5.41) is 3.39. The predicted molar refractivity (Wildman–Crippen MR) is 97.3 cm³/mol. The molecule has 1 aliphatic heterocycles. The van der Waals surface area contributed by atoms with Crippen LogP contribution in [-0.2, 0) is 11.3 Å². The van der Waals surface area contributed by atoms with E-state index >= 15 is 0 Å². The van der Waals surface area contributed by atoms with Crippen LogP contribution in [0.2, 0.25) is 0 Å². The molecule has 1 aromatic rings. The first kappa shape index (κ1) is 18.7. The van der Waals surface area contributed by atoms with Crippen molar-refractivity contribution in [1.29, 1.82) is 0 Å². The highest BCUT2D eigenvalue weighted by Crippen LogP contribution is 2.21. The quantitative estimate of drug-likeness (QED) is 0.753. The Morgan fingerprint density at radius 3 is 2.87 bits per heavy atom. The van der Waals surface area contributed by atoms with E-state index < -0.39 is 5.60 Å². The number of carbonyl (C=O) groups is 1. The van der Waals surface area contributed by atoms with Crippen molar-refractivity contribution in [2.45, 2.75) is 51.8 Å². The number of pyridine rings is 1. The first-order chi connectivity index (χ1) is 10.8. The minimum absolute atomic E-state index is 0.180. The van der Waals surface area contributed by atoms with Crippen molar-refractivity contribution in [3.63, 3.8) is 0 Å². The Labute approximate surface area is 154 Å². The number of nitrogens with zero attached hydrogens (tertiary/aromatic N) is 2. The maximum atomic E-state index is 12.2. The maximum absolute atomic E-state index is 12.2. The SMILES string of the molecule is CC(C)(C)OC(=O)N1CCCC1CNCc1ncc(Br)cc1Br. The zero-order valence-corrected chi connectivity index (χ0v) is 16.9. The molecule has 0 bridgehead atoms. The van der Waals surface area contributed by atoms with Gasteiger partial charge in [0, 0.05) is 40.8 Å². The normalized spacial score (nSPS) is 18.3. The Balaban J connectivity index is 1.85. The summed E-state index contributed by atoms with van der Waals surface area (Å²) in [6, 6.07) is 2.16. The number of hydrogen-bond donors (Lipinski definition) is 1. The van der Waals surface area contributed by atoms with E-state index in [2.05, 4.69) is 42.2 Å². The molecule has 1 saturated heterocycles. The van der Waals surface area contributed by atoms with Gasteiger partial charge in [0.1, 0.15) is 5.60 Å². The van der Waals surface area contributed by atoms with Crippen LogP contribution in [0.3, 0.4) is 0 Å². The van der Waals surface area contributed by atoms with E-state index in [-0.39, 0.29) is 12.1 Å². The third kappa shape index (κ3) is 5.72. The summed E-state index contributed by atoms with van der Waals surface area (Å²) < 4.78 is 7.39. The van der Waals surface area contributed by atoms with Crippen molar-refractivity contribution in [2.75, 3.05) is 13.1 Å². The molecule has 1 unspecified atom stereocenters. The van der Waals surface area contributed by atoms with E-state index in [9.17, 15) is 4.79 Å². The molecule has 1 aliphatic rings. The zero-order valence-electron chi connectivity index (χ0n) is 13.7. The number of aromatic nitrogens is 1. The van der Waals surface area contributed by atoms with E-state index in [1.165, 1.54) is 0 Å². The van der Waals surface area contributed by atoms with E-state index in [0.717, 1.165) is 40.6 Å². The van der Waals surface area contributed by atoms with Gasteiger partial charge in [0.25, 0.3) is 0 Å². The van der Waals surface area contributed by atoms with Crippen LogP contribution in [0.5, 0.6) is 0 Å². The number of halogens is 2. The first-order valence-corrected chi connectivity index (χ1v) is 9.35. The van der Waals surface area contributed by atoms with Gasteiger partial charge in [0.05, 0.1) is 5.69 Å². The average Bonchev–Trinajstić information content (AvgIpc) is 2.88. The van der Waals surface area contributed by atoms with Gasteiger partial charge in [0.2, 0.25) is 0 Å². The number of carbonyl (C=O) groups excluding carboxylic acids is 1. The van der Waals surface area contributed by atoms with Crippen LogP contribution in [-0.4, -0.2) is 40.7 Å². The van der Waals surface area contributed by atoms with Crippen LogP contribution in [0.1, 0.15) is 39.3 Å². The molecule has 5 nitrogen and oxygen atoms in total. The van der Waals surface area contributed by atoms with Crippen molar-refractivity contribution in [3.05, 3.63) is 26.9 Å². The summed E-state index contributed by atoms with van der Waals surface area (Å²) in [6.45, 7) is 7.85. The lowest BCUT2D eigenvalue weighted by atomic mass is 10.2. The molecular formula is C16H23Br2N3O2. The van der Waals surface area contributed by atoms with Gasteiger partial charge in [-0.25, -0.2) is 4.79 Å². The molecule has 1 fully saturated rings. The lowest BCUT2D eigenvalue weighted by molar-refractivity contribution is 0.0226. The van der Waals surface area contributed by atoms with E-state index in [0.29, 0.717) is 6.54 Å². The highest BCUT2D eigenvalue weighted by molar-refractivity contribution is 9.11. The fraction of sp³-hybridized carbons (Fsp3) is 0.625. The number of nitrogens with one attached hydrogen (secondary N) is 1. The maximum Gasteiger partial charge on any atom is 0.410 e. The lowest BCUT2D eigenvalue weighted by Gasteiger charge is -2.28. The standard InChI is InChI=1S/C16H23Br2N3O2/c1-16(2,3)23-15(22)21-6-4-5-12(21)9-19-10-14-13(18)7-11(17)8-20-14/h7-8,12,19H,4-6,9-10H2,1-3H3. The third-order valence-corrected chi connectivity index (χ3v) is 4.68. The minimum Gasteiger partial charge on any atom is -0.444 e. The number of hydrogen-bond acceptors (Lipinski definition) is 4. The summed E-state index contributed by atoms with van der Waals surface area (Å²) in [7, 11) is 0. The van der Waals surface area contributed by atoms with Gasteiger partial charge in [-0.2, -0.15) is 0 Å². The molecule has 0 aliphatic carbocycles. The smallest absolute Gasteiger partial charge is 0.410 e. The number of rotatable bonds is 4. The van der Waals surface area contributed by atoms with Gasteiger partial charge in [0.15, 0.2) is 0 Å². The van der Waals surface area contributed by atoms with Crippen molar-refractivity contribution in [2.24, 2.45) is 0 Å². The minimum atomic E-state index is -0.455. The Morgan fingerprint density at radius 1 is 1.48 bits per heavy atom. The molecule has 0 spiro atoms. The molecule has 0 saturated carbocycles. The average molecular weight is 449 g/mol. The van der Waals surface area contributed by atoms with Crippen molar-refractivity contribution in [1.82, 2.24) is 15.2 Å². The van der Waals surface area contributed by atoms with Gasteiger partial charge >= 0.3 is 6.09 Å². The molecule has 0 aromatic carbocycles.